The van der Waals surface area contributed by atoms with Crippen molar-refractivity contribution >= 4 is 0 Å². The molecule has 0 amide bonds. The van der Waals surface area contributed by atoms with Crippen LogP contribution in [0.25, 0.3) is 0 Å². The normalized spacial score (nSPS) is 22.9. The Morgan fingerprint density at radius 3 is 1.65 bits per heavy atom. The molecule has 3 nitrogen and oxygen atoms in total. The number of rotatable bonds is 14. The average molecular weight is 325 g/mol. The Morgan fingerprint density at radius 2 is 1.22 bits per heavy atom. The predicted octanol–water partition coefficient (Wildman–Crippen LogP) is 5.45. The zero-order valence-corrected chi connectivity index (χ0v) is 15.3. The zero-order valence-electron chi connectivity index (χ0n) is 15.3. The van der Waals surface area contributed by atoms with Gasteiger partial charge in [0.2, 0.25) is 0 Å². The number of unbranched alkanes of at least 4 members (excludes halogenated alkanes) is 6. The summed E-state index contributed by atoms with van der Waals surface area (Å²) in [4.78, 5) is 0. The van der Waals surface area contributed by atoms with E-state index in [0.29, 0.717) is 11.8 Å². The molecule has 0 aromatic heterocycles. The topological polar surface area (TPSA) is 31.0 Å². The van der Waals surface area contributed by atoms with Crippen molar-refractivity contribution in [2.75, 3.05) is 26.4 Å². The zero-order chi connectivity index (χ0) is 16.3. The van der Waals surface area contributed by atoms with Crippen LogP contribution in [0.2, 0.25) is 0 Å². The number of ether oxygens (including phenoxy) is 3. The second-order valence-electron chi connectivity index (χ2n) is 7.15. The maximum Gasteiger partial charge on any atom is 0.142 e. The van der Waals surface area contributed by atoms with Crippen molar-refractivity contribution in [1.29, 1.82) is 0 Å². The van der Waals surface area contributed by atoms with Crippen LogP contribution in [-0.2, 0) is 14.2 Å². The van der Waals surface area contributed by atoms with E-state index in [9.17, 15) is 0 Å². The van der Waals surface area contributed by atoms with Crippen molar-refractivity contribution in [1.82, 2.24) is 0 Å². The third-order valence-electron chi connectivity index (χ3n) is 5.03. The van der Waals surface area contributed by atoms with Gasteiger partial charge in [-0.1, -0.05) is 52.4 Å². The Bertz CT molecular complexity index is 319. The molecule has 1 aliphatic heterocycles. The highest BCUT2D eigenvalue weighted by molar-refractivity contribution is 5.22. The second-order valence-corrected chi connectivity index (χ2v) is 7.15. The summed E-state index contributed by atoms with van der Waals surface area (Å²) in [6.45, 7) is 8.06. The summed E-state index contributed by atoms with van der Waals surface area (Å²) in [7, 11) is 0. The van der Waals surface area contributed by atoms with E-state index in [0.717, 1.165) is 39.3 Å². The molecule has 2 rings (SSSR count). The molecule has 2 atom stereocenters. The molecule has 0 fully saturated rings. The van der Waals surface area contributed by atoms with Gasteiger partial charge in [-0.25, -0.2) is 0 Å². The quantitative estimate of drug-likeness (QED) is 0.398. The third-order valence-corrected chi connectivity index (χ3v) is 5.03. The average Bonchev–Trinajstić information content (AvgIpc) is 3.32. The summed E-state index contributed by atoms with van der Waals surface area (Å²) >= 11 is 0. The van der Waals surface area contributed by atoms with Gasteiger partial charge in [-0.15, -0.1) is 0 Å². The van der Waals surface area contributed by atoms with Crippen LogP contribution in [0.5, 0.6) is 0 Å². The van der Waals surface area contributed by atoms with Crippen LogP contribution in [0.3, 0.4) is 0 Å². The fraction of sp³-hybridized carbons (Fsp3) is 0.900. The van der Waals surface area contributed by atoms with Crippen LogP contribution in [-0.4, -0.2) is 26.4 Å². The first-order valence-corrected chi connectivity index (χ1v) is 9.90. The van der Waals surface area contributed by atoms with Crippen LogP contribution < -0.4 is 0 Å². The van der Waals surface area contributed by atoms with Gasteiger partial charge in [-0.2, -0.15) is 0 Å². The summed E-state index contributed by atoms with van der Waals surface area (Å²) in [5, 5.41) is 0. The molecular weight excluding hydrogens is 288 g/mol. The molecule has 2 aliphatic rings. The molecule has 0 N–H and O–H groups in total. The van der Waals surface area contributed by atoms with Gasteiger partial charge < -0.3 is 14.2 Å². The first-order valence-electron chi connectivity index (χ1n) is 9.90. The van der Waals surface area contributed by atoms with E-state index in [-0.39, 0.29) is 0 Å². The molecule has 0 saturated heterocycles. The summed E-state index contributed by atoms with van der Waals surface area (Å²) in [6.07, 6.45) is 12.3. The smallest absolute Gasteiger partial charge is 0.142 e. The fourth-order valence-corrected chi connectivity index (χ4v) is 3.37. The molecule has 3 heteroatoms. The minimum absolute atomic E-state index is 0.582. The standard InChI is InChI=1S/C20H36O3/c1-3-5-7-9-11-21-15-17-13-19-20(23-19)14-18(17)16-22-12-10-8-6-4-2/h17-18H,3-16H2,1-2H3. The van der Waals surface area contributed by atoms with Gasteiger partial charge in [-0.05, 0) is 24.7 Å². The number of hydrogen-bond acceptors (Lipinski definition) is 3. The van der Waals surface area contributed by atoms with Crippen LogP contribution in [0.4, 0.5) is 0 Å². The highest BCUT2D eigenvalue weighted by Crippen LogP contribution is 2.45. The van der Waals surface area contributed by atoms with Crippen molar-refractivity contribution in [2.24, 2.45) is 11.8 Å². The molecule has 0 saturated carbocycles. The Balaban J connectivity index is 1.58. The van der Waals surface area contributed by atoms with Crippen molar-refractivity contribution < 1.29 is 14.2 Å². The molecule has 23 heavy (non-hydrogen) atoms. The Labute approximate surface area is 142 Å². The second kappa shape index (κ2) is 11.1. The van der Waals surface area contributed by atoms with Gasteiger partial charge in [0.05, 0.1) is 13.2 Å². The monoisotopic (exact) mass is 324 g/mol. The van der Waals surface area contributed by atoms with Crippen molar-refractivity contribution in [3.8, 4) is 0 Å². The highest BCUT2D eigenvalue weighted by Gasteiger charge is 2.39. The van der Waals surface area contributed by atoms with Crippen molar-refractivity contribution in [3.63, 3.8) is 0 Å². The van der Waals surface area contributed by atoms with Gasteiger partial charge in [0, 0.05) is 26.1 Å². The maximum absolute atomic E-state index is 5.94. The molecule has 134 valence electrons. The van der Waals surface area contributed by atoms with Gasteiger partial charge in [-0.3, -0.25) is 0 Å². The predicted molar refractivity (Wildman–Crippen MR) is 94.2 cm³/mol. The molecule has 0 bridgehead atoms. The molecule has 0 spiro atoms. The van der Waals surface area contributed by atoms with E-state index in [1.807, 2.05) is 0 Å². The van der Waals surface area contributed by atoms with Crippen LogP contribution >= 0.6 is 0 Å². The lowest BCUT2D eigenvalue weighted by Gasteiger charge is -2.26. The van der Waals surface area contributed by atoms with Crippen LogP contribution in [0.1, 0.15) is 78.1 Å². The summed E-state index contributed by atoms with van der Waals surface area (Å²) in [6, 6.07) is 0. The largest absolute Gasteiger partial charge is 0.459 e. The van der Waals surface area contributed by atoms with E-state index in [1.54, 1.807) is 0 Å². The van der Waals surface area contributed by atoms with E-state index < -0.39 is 0 Å². The molecule has 1 aliphatic carbocycles. The lowest BCUT2D eigenvalue weighted by atomic mass is 9.84. The first kappa shape index (κ1) is 18.8. The minimum Gasteiger partial charge on any atom is -0.459 e. The van der Waals surface area contributed by atoms with Crippen LogP contribution in [0, 0.1) is 11.8 Å². The number of hydrogen-bond donors (Lipinski definition) is 0. The molecule has 1 heterocycles. The van der Waals surface area contributed by atoms with Gasteiger partial charge in [0.15, 0.2) is 0 Å². The third kappa shape index (κ3) is 7.26. The van der Waals surface area contributed by atoms with E-state index >= 15 is 0 Å². The first-order chi connectivity index (χ1) is 11.3. The molecule has 0 aromatic carbocycles. The molecule has 0 aromatic rings. The lowest BCUT2D eigenvalue weighted by molar-refractivity contribution is 0.0292. The Kier molecular flexibility index (Phi) is 9.06. The van der Waals surface area contributed by atoms with E-state index in [2.05, 4.69) is 13.8 Å². The Morgan fingerprint density at radius 1 is 0.739 bits per heavy atom. The minimum atomic E-state index is 0.582. The summed E-state index contributed by atoms with van der Waals surface area (Å²) in [5.74, 6) is 3.64. The molecule has 2 unspecified atom stereocenters. The molecular formula is C20H36O3. The van der Waals surface area contributed by atoms with Gasteiger partial charge in [0.25, 0.3) is 0 Å². The maximum atomic E-state index is 5.94. The SMILES string of the molecule is CCCCCCOCC1CC2=C(CC1COCCCCCC)O2. The van der Waals surface area contributed by atoms with Gasteiger partial charge >= 0.3 is 0 Å². The fourth-order valence-electron chi connectivity index (χ4n) is 3.37. The van der Waals surface area contributed by atoms with Gasteiger partial charge in [0.1, 0.15) is 11.5 Å². The summed E-state index contributed by atoms with van der Waals surface area (Å²) in [5.41, 5.74) is 0. The lowest BCUT2D eigenvalue weighted by Crippen LogP contribution is -2.26. The van der Waals surface area contributed by atoms with E-state index in [4.69, 9.17) is 14.2 Å². The van der Waals surface area contributed by atoms with Crippen LogP contribution in [0.15, 0.2) is 11.5 Å². The van der Waals surface area contributed by atoms with E-state index in [1.165, 1.54) is 62.9 Å². The summed E-state index contributed by atoms with van der Waals surface area (Å²) < 4.78 is 17.5. The van der Waals surface area contributed by atoms with Crippen molar-refractivity contribution in [3.05, 3.63) is 11.5 Å². The number of allylic oxidation sites excluding steroid dienone is 2. The van der Waals surface area contributed by atoms with Crippen molar-refractivity contribution in [2.45, 2.75) is 78.1 Å². The highest BCUT2D eigenvalue weighted by atomic mass is 16.6. The Hall–Kier alpha value is -0.540. The molecule has 0 radical (unpaired) electrons.